The molecule has 0 unspecified atom stereocenters. The predicted molar refractivity (Wildman–Crippen MR) is 62.7 cm³/mol. The van der Waals surface area contributed by atoms with Crippen LogP contribution in [-0.4, -0.2) is 4.98 Å². The van der Waals surface area contributed by atoms with Gasteiger partial charge in [-0.1, -0.05) is 28.1 Å². The normalized spacial score (nSPS) is 10.1. The van der Waals surface area contributed by atoms with E-state index in [9.17, 15) is 4.39 Å². The monoisotopic (exact) mass is 281 g/mol. The Morgan fingerprint density at radius 1 is 1.25 bits per heavy atom. The lowest BCUT2D eigenvalue weighted by atomic mass is 10.3. The second-order valence-electron chi connectivity index (χ2n) is 3.19. The minimum absolute atomic E-state index is 0.248. The third kappa shape index (κ3) is 2.58. The summed E-state index contributed by atoms with van der Waals surface area (Å²) in [7, 11) is 0. The highest BCUT2D eigenvalue weighted by Crippen LogP contribution is 2.20. The maximum Gasteiger partial charge on any atom is 0.165 e. The molecule has 0 aliphatic rings. The number of pyridine rings is 1. The molecular formula is C12H9BrFNO. The van der Waals surface area contributed by atoms with Gasteiger partial charge >= 0.3 is 0 Å². The molecule has 0 aliphatic carbocycles. The molecule has 82 valence electrons. The first kappa shape index (κ1) is 11.1. The van der Waals surface area contributed by atoms with Crippen molar-refractivity contribution in [1.82, 2.24) is 4.98 Å². The van der Waals surface area contributed by atoms with Crippen molar-refractivity contribution >= 4 is 15.9 Å². The van der Waals surface area contributed by atoms with Crippen LogP contribution in [0.5, 0.6) is 5.75 Å². The summed E-state index contributed by atoms with van der Waals surface area (Å²) in [4.78, 5) is 3.98. The molecule has 0 radical (unpaired) electrons. The Kier molecular flexibility index (Phi) is 3.51. The van der Waals surface area contributed by atoms with Gasteiger partial charge in [-0.05, 0) is 18.2 Å². The molecule has 1 heterocycles. The lowest BCUT2D eigenvalue weighted by molar-refractivity contribution is 0.289. The molecule has 0 bridgehead atoms. The largest absolute Gasteiger partial charge is 0.486 e. The van der Waals surface area contributed by atoms with Gasteiger partial charge in [0.05, 0.1) is 0 Å². The minimum Gasteiger partial charge on any atom is -0.486 e. The molecule has 0 saturated heterocycles. The predicted octanol–water partition coefficient (Wildman–Crippen LogP) is 3.56. The highest BCUT2D eigenvalue weighted by molar-refractivity contribution is 9.10. The van der Waals surface area contributed by atoms with Gasteiger partial charge in [-0.15, -0.1) is 0 Å². The first-order chi connectivity index (χ1) is 7.77. The summed E-state index contributed by atoms with van der Waals surface area (Å²) in [6, 6.07) is 8.14. The van der Waals surface area contributed by atoms with Crippen molar-refractivity contribution in [2.45, 2.75) is 6.61 Å². The standard InChI is InChI=1S/C12H9BrFNO/c13-10-5-6-15-7-9(10)8-16-12-4-2-1-3-11(12)14/h1-7H,8H2. The van der Waals surface area contributed by atoms with Crippen molar-refractivity contribution in [2.24, 2.45) is 0 Å². The quantitative estimate of drug-likeness (QED) is 0.858. The number of nitrogens with zero attached hydrogens (tertiary/aromatic N) is 1. The molecule has 0 spiro atoms. The van der Waals surface area contributed by atoms with Gasteiger partial charge in [0, 0.05) is 22.4 Å². The summed E-state index contributed by atoms with van der Waals surface area (Å²) in [5.74, 6) is -0.110. The van der Waals surface area contributed by atoms with Crippen molar-refractivity contribution in [3.63, 3.8) is 0 Å². The Bertz CT molecular complexity index is 444. The number of hydrogen-bond acceptors (Lipinski definition) is 2. The molecule has 16 heavy (non-hydrogen) atoms. The highest BCUT2D eigenvalue weighted by Gasteiger charge is 2.04. The van der Waals surface area contributed by atoms with Gasteiger partial charge in [0.15, 0.2) is 11.6 Å². The fourth-order valence-corrected chi connectivity index (χ4v) is 1.57. The number of aromatic nitrogens is 1. The topological polar surface area (TPSA) is 22.1 Å². The maximum absolute atomic E-state index is 13.2. The van der Waals surface area contributed by atoms with Gasteiger partial charge < -0.3 is 4.74 Å². The summed E-state index contributed by atoms with van der Waals surface area (Å²) in [5.41, 5.74) is 0.880. The zero-order valence-corrected chi connectivity index (χ0v) is 9.95. The van der Waals surface area contributed by atoms with E-state index in [-0.39, 0.29) is 18.2 Å². The second-order valence-corrected chi connectivity index (χ2v) is 4.04. The summed E-state index contributed by atoms with van der Waals surface area (Å²) in [6.07, 6.45) is 3.36. The molecule has 2 aromatic rings. The molecular weight excluding hydrogens is 273 g/mol. The van der Waals surface area contributed by atoms with Crippen LogP contribution in [0.3, 0.4) is 0 Å². The first-order valence-electron chi connectivity index (χ1n) is 4.73. The zero-order chi connectivity index (χ0) is 11.4. The van der Waals surface area contributed by atoms with Gasteiger partial charge in [-0.3, -0.25) is 4.98 Å². The van der Waals surface area contributed by atoms with E-state index in [4.69, 9.17) is 4.74 Å². The lowest BCUT2D eigenvalue weighted by Crippen LogP contribution is -1.98. The Morgan fingerprint density at radius 3 is 2.81 bits per heavy atom. The van der Waals surface area contributed by atoms with E-state index in [0.29, 0.717) is 0 Å². The van der Waals surface area contributed by atoms with Crippen molar-refractivity contribution in [3.8, 4) is 5.75 Å². The van der Waals surface area contributed by atoms with E-state index < -0.39 is 0 Å². The summed E-state index contributed by atoms with van der Waals surface area (Å²) in [5, 5.41) is 0. The molecule has 0 fully saturated rings. The number of hydrogen-bond donors (Lipinski definition) is 0. The number of halogens is 2. The summed E-state index contributed by atoms with van der Waals surface area (Å²) < 4.78 is 19.5. The second kappa shape index (κ2) is 5.07. The third-order valence-electron chi connectivity index (χ3n) is 2.06. The smallest absolute Gasteiger partial charge is 0.165 e. The van der Waals surface area contributed by atoms with Gasteiger partial charge in [-0.25, -0.2) is 4.39 Å². The molecule has 1 aromatic carbocycles. The maximum atomic E-state index is 13.2. The molecule has 2 nitrogen and oxygen atoms in total. The van der Waals surface area contributed by atoms with Crippen LogP contribution < -0.4 is 4.74 Å². The summed E-state index contributed by atoms with van der Waals surface area (Å²) in [6.45, 7) is 0.287. The summed E-state index contributed by atoms with van der Waals surface area (Å²) >= 11 is 3.37. The SMILES string of the molecule is Fc1ccccc1OCc1cnccc1Br. The Labute approximate surface area is 101 Å². The van der Waals surface area contributed by atoms with Crippen LogP contribution in [-0.2, 0) is 6.61 Å². The Balaban J connectivity index is 2.09. The molecule has 0 aliphatic heterocycles. The molecule has 0 atom stereocenters. The average Bonchev–Trinajstić information content (AvgIpc) is 2.30. The van der Waals surface area contributed by atoms with Crippen LogP contribution in [0, 0.1) is 5.82 Å². The first-order valence-corrected chi connectivity index (χ1v) is 5.52. The minimum atomic E-state index is -0.359. The highest BCUT2D eigenvalue weighted by atomic mass is 79.9. The fourth-order valence-electron chi connectivity index (χ4n) is 1.23. The lowest BCUT2D eigenvalue weighted by Gasteiger charge is -2.07. The van der Waals surface area contributed by atoms with E-state index in [1.165, 1.54) is 6.07 Å². The molecule has 4 heteroatoms. The van der Waals surface area contributed by atoms with Crippen LogP contribution in [0.4, 0.5) is 4.39 Å². The van der Waals surface area contributed by atoms with E-state index in [1.54, 1.807) is 30.6 Å². The molecule has 0 amide bonds. The van der Waals surface area contributed by atoms with E-state index >= 15 is 0 Å². The van der Waals surface area contributed by atoms with E-state index in [2.05, 4.69) is 20.9 Å². The van der Waals surface area contributed by atoms with Crippen LogP contribution in [0.1, 0.15) is 5.56 Å². The van der Waals surface area contributed by atoms with Crippen molar-refractivity contribution in [2.75, 3.05) is 0 Å². The Morgan fingerprint density at radius 2 is 2.06 bits per heavy atom. The van der Waals surface area contributed by atoms with Gasteiger partial charge in [0.1, 0.15) is 6.61 Å². The van der Waals surface area contributed by atoms with Crippen molar-refractivity contribution in [1.29, 1.82) is 0 Å². The number of rotatable bonds is 3. The molecule has 1 aromatic heterocycles. The third-order valence-corrected chi connectivity index (χ3v) is 2.84. The molecule has 0 saturated carbocycles. The van der Waals surface area contributed by atoms with E-state index in [0.717, 1.165) is 10.0 Å². The fraction of sp³-hybridized carbons (Fsp3) is 0.0833. The van der Waals surface area contributed by atoms with Gasteiger partial charge in [0.25, 0.3) is 0 Å². The van der Waals surface area contributed by atoms with Crippen molar-refractivity contribution in [3.05, 3.63) is 58.6 Å². The van der Waals surface area contributed by atoms with Gasteiger partial charge in [-0.2, -0.15) is 0 Å². The number of benzene rings is 1. The number of para-hydroxylation sites is 1. The zero-order valence-electron chi connectivity index (χ0n) is 8.36. The Hall–Kier alpha value is -1.42. The molecule has 2 rings (SSSR count). The van der Waals surface area contributed by atoms with E-state index in [1.807, 2.05) is 6.07 Å². The van der Waals surface area contributed by atoms with Crippen LogP contribution in [0.2, 0.25) is 0 Å². The van der Waals surface area contributed by atoms with Crippen LogP contribution >= 0.6 is 15.9 Å². The van der Waals surface area contributed by atoms with Gasteiger partial charge in [0.2, 0.25) is 0 Å². The van der Waals surface area contributed by atoms with Crippen LogP contribution in [0.15, 0.2) is 47.2 Å². The molecule has 0 N–H and O–H groups in total. The van der Waals surface area contributed by atoms with Crippen LogP contribution in [0.25, 0.3) is 0 Å². The average molecular weight is 282 g/mol. The number of ether oxygens (including phenoxy) is 1. The van der Waals surface area contributed by atoms with Crippen molar-refractivity contribution < 1.29 is 9.13 Å².